The third-order valence-electron chi connectivity index (χ3n) is 2.90. The number of urea groups is 1. The van der Waals surface area contributed by atoms with Crippen LogP contribution in [0.3, 0.4) is 0 Å². The maximum atomic E-state index is 11.6. The first-order chi connectivity index (χ1) is 7.78. The van der Waals surface area contributed by atoms with Crippen LogP contribution >= 0.6 is 0 Å². The highest BCUT2D eigenvalue weighted by atomic mass is 16.2. The van der Waals surface area contributed by atoms with Crippen molar-refractivity contribution in [3.05, 3.63) is 12.3 Å². The molecule has 88 valence electrons. The Balaban J connectivity index is 1.81. The summed E-state index contributed by atoms with van der Waals surface area (Å²) in [6, 6.07) is 2.00. The summed E-state index contributed by atoms with van der Waals surface area (Å²) in [4.78, 5) is 11.6. The van der Waals surface area contributed by atoms with Gasteiger partial charge < -0.3 is 5.32 Å². The molecular weight excluding hydrogens is 204 g/mol. The van der Waals surface area contributed by atoms with Crippen molar-refractivity contribution in [2.24, 2.45) is 0 Å². The van der Waals surface area contributed by atoms with Crippen LogP contribution in [0.4, 0.5) is 10.6 Å². The Bertz CT molecular complexity index is 355. The van der Waals surface area contributed by atoms with Gasteiger partial charge in [-0.2, -0.15) is 5.10 Å². The minimum absolute atomic E-state index is 0.145. The summed E-state index contributed by atoms with van der Waals surface area (Å²) in [5, 5.41) is 9.88. The number of rotatable bonds is 3. The normalized spacial score (nSPS) is 16.3. The van der Waals surface area contributed by atoms with E-state index in [9.17, 15) is 4.79 Å². The number of anilines is 1. The number of carbonyl (C=O) groups excluding carboxylic acids is 1. The summed E-state index contributed by atoms with van der Waals surface area (Å²) in [7, 11) is 0. The zero-order valence-corrected chi connectivity index (χ0v) is 9.57. The van der Waals surface area contributed by atoms with Gasteiger partial charge in [0.2, 0.25) is 0 Å². The molecule has 5 heteroatoms. The van der Waals surface area contributed by atoms with Gasteiger partial charge in [0.15, 0.2) is 5.82 Å². The number of hydrogen-bond acceptors (Lipinski definition) is 2. The average molecular weight is 222 g/mol. The molecule has 0 atom stereocenters. The van der Waals surface area contributed by atoms with Crippen molar-refractivity contribution >= 4 is 11.8 Å². The second kappa shape index (κ2) is 5.01. The third-order valence-corrected chi connectivity index (χ3v) is 2.90. The second-order valence-corrected chi connectivity index (χ2v) is 4.14. The molecule has 1 aromatic rings. The quantitative estimate of drug-likeness (QED) is 0.821. The van der Waals surface area contributed by atoms with E-state index in [4.69, 9.17) is 0 Å². The van der Waals surface area contributed by atoms with Crippen LogP contribution < -0.4 is 10.6 Å². The lowest BCUT2D eigenvalue weighted by molar-refractivity contribution is 0.248. The van der Waals surface area contributed by atoms with Crippen molar-refractivity contribution in [2.45, 2.75) is 45.2 Å². The zero-order chi connectivity index (χ0) is 11.4. The number of nitrogens with one attached hydrogen (secondary N) is 2. The lowest BCUT2D eigenvalue weighted by Gasteiger charge is -2.11. The van der Waals surface area contributed by atoms with Crippen LogP contribution in [0, 0.1) is 0 Å². The van der Waals surface area contributed by atoms with Gasteiger partial charge in [0.05, 0.1) is 0 Å². The fourth-order valence-corrected chi connectivity index (χ4v) is 2.01. The molecule has 0 aromatic carbocycles. The van der Waals surface area contributed by atoms with Crippen LogP contribution in [0.1, 0.15) is 32.6 Å². The Hall–Kier alpha value is -1.52. The molecule has 16 heavy (non-hydrogen) atoms. The van der Waals surface area contributed by atoms with Crippen LogP contribution in [-0.2, 0) is 6.54 Å². The predicted molar refractivity (Wildman–Crippen MR) is 62.3 cm³/mol. The molecule has 0 radical (unpaired) electrons. The first-order valence-electron chi connectivity index (χ1n) is 5.89. The average Bonchev–Trinajstić information content (AvgIpc) is 2.89. The van der Waals surface area contributed by atoms with Gasteiger partial charge in [-0.3, -0.25) is 10.00 Å². The van der Waals surface area contributed by atoms with Crippen molar-refractivity contribution in [1.29, 1.82) is 0 Å². The molecule has 1 heterocycles. The molecule has 1 aliphatic rings. The minimum atomic E-state index is -0.145. The number of amides is 2. The Labute approximate surface area is 95.2 Å². The summed E-state index contributed by atoms with van der Waals surface area (Å²) in [5.74, 6) is 0.609. The highest BCUT2D eigenvalue weighted by molar-refractivity contribution is 5.88. The molecule has 0 spiro atoms. The monoisotopic (exact) mass is 222 g/mol. The van der Waals surface area contributed by atoms with Crippen molar-refractivity contribution in [2.75, 3.05) is 5.32 Å². The van der Waals surface area contributed by atoms with Gasteiger partial charge >= 0.3 is 6.03 Å². The highest BCUT2D eigenvalue weighted by Crippen LogP contribution is 2.17. The topological polar surface area (TPSA) is 59.0 Å². The van der Waals surface area contributed by atoms with Gasteiger partial charge in [0.1, 0.15) is 0 Å². The third kappa shape index (κ3) is 2.74. The van der Waals surface area contributed by atoms with Crippen molar-refractivity contribution < 1.29 is 4.79 Å². The summed E-state index contributed by atoms with van der Waals surface area (Å²) < 4.78 is 1.78. The summed E-state index contributed by atoms with van der Waals surface area (Å²) in [5.41, 5.74) is 0. The zero-order valence-electron chi connectivity index (χ0n) is 9.57. The Morgan fingerprint density at radius 1 is 1.56 bits per heavy atom. The largest absolute Gasteiger partial charge is 0.335 e. The Morgan fingerprint density at radius 2 is 2.31 bits per heavy atom. The molecule has 1 saturated carbocycles. The second-order valence-electron chi connectivity index (χ2n) is 4.14. The van der Waals surface area contributed by atoms with Crippen LogP contribution in [0.5, 0.6) is 0 Å². The highest BCUT2D eigenvalue weighted by Gasteiger charge is 2.17. The van der Waals surface area contributed by atoms with Gasteiger partial charge in [-0.05, 0) is 19.8 Å². The number of nitrogens with zero attached hydrogens (tertiary/aromatic N) is 2. The number of hydrogen-bond donors (Lipinski definition) is 2. The molecule has 2 N–H and O–H groups in total. The van der Waals surface area contributed by atoms with Crippen LogP contribution in [0.2, 0.25) is 0 Å². The standard InChI is InChI=1S/C11H18N4O/c1-2-15-8-7-10(14-15)13-11(16)12-9-5-3-4-6-9/h7-9H,2-6H2,1H3,(H2,12,13,14,16). The Kier molecular flexibility index (Phi) is 3.44. The molecular formula is C11H18N4O. The fourth-order valence-electron chi connectivity index (χ4n) is 2.01. The van der Waals surface area contributed by atoms with Gasteiger partial charge in [-0.1, -0.05) is 12.8 Å². The van der Waals surface area contributed by atoms with Gasteiger partial charge in [0, 0.05) is 24.8 Å². The molecule has 2 amide bonds. The van der Waals surface area contributed by atoms with Crippen molar-refractivity contribution in [3.8, 4) is 0 Å². The molecule has 0 saturated heterocycles. The van der Waals surface area contributed by atoms with E-state index in [1.165, 1.54) is 12.8 Å². The summed E-state index contributed by atoms with van der Waals surface area (Å²) >= 11 is 0. The molecule has 1 fully saturated rings. The van der Waals surface area contributed by atoms with Crippen LogP contribution in [0.15, 0.2) is 12.3 Å². The number of carbonyl (C=O) groups is 1. The molecule has 2 rings (SSSR count). The molecule has 0 aliphatic heterocycles. The van der Waals surface area contributed by atoms with Crippen LogP contribution in [-0.4, -0.2) is 21.9 Å². The first-order valence-corrected chi connectivity index (χ1v) is 5.89. The smallest absolute Gasteiger partial charge is 0.320 e. The molecule has 1 aliphatic carbocycles. The minimum Gasteiger partial charge on any atom is -0.335 e. The van der Waals surface area contributed by atoms with Crippen molar-refractivity contribution in [1.82, 2.24) is 15.1 Å². The lowest BCUT2D eigenvalue weighted by Crippen LogP contribution is -2.36. The van der Waals surface area contributed by atoms with E-state index in [-0.39, 0.29) is 6.03 Å². The molecule has 5 nitrogen and oxygen atoms in total. The van der Waals surface area contributed by atoms with E-state index in [1.807, 2.05) is 13.1 Å². The van der Waals surface area contributed by atoms with E-state index in [1.54, 1.807) is 10.7 Å². The SMILES string of the molecule is CCn1ccc(NC(=O)NC2CCCC2)n1. The van der Waals surface area contributed by atoms with Gasteiger partial charge in [-0.15, -0.1) is 0 Å². The summed E-state index contributed by atoms with van der Waals surface area (Å²) in [6.07, 6.45) is 6.48. The molecule has 1 aromatic heterocycles. The van der Waals surface area contributed by atoms with E-state index in [0.717, 1.165) is 19.4 Å². The molecule has 0 unspecified atom stereocenters. The van der Waals surface area contributed by atoms with E-state index in [2.05, 4.69) is 15.7 Å². The van der Waals surface area contributed by atoms with Crippen molar-refractivity contribution in [3.63, 3.8) is 0 Å². The van der Waals surface area contributed by atoms with Gasteiger partial charge in [0.25, 0.3) is 0 Å². The lowest BCUT2D eigenvalue weighted by atomic mass is 10.3. The molecule has 0 bridgehead atoms. The number of aryl methyl sites for hydroxylation is 1. The fraction of sp³-hybridized carbons (Fsp3) is 0.636. The summed E-state index contributed by atoms with van der Waals surface area (Å²) in [6.45, 7) is 2.82. The van der Waals surface area contributed by atoms with E-state index >= 15 is 0 Å². The maximum absolute atomic E-state index is 11.6. The van der Waals surface area contributed by atoms with E-state index in [0.29, 0.717) is 11.9 Å². The van der Waals surface area contributed by atoms with Gasteiger partial charge in [-0.25, -0.2) is 4.79 Å². The number of aromatic nitrogens is 2. The predicted octanol–water partition coefficient (Wildman–Crippen LogP) is 1.97. The Morgan fingerprint density at radius 3 is 2.94 bits per heavy atom. The first kappa shape index (κ1) is 11.0. The van der Waals surface area contributed by atoms with Crippen LogP contribution in [0.25, 0.3) is 0 Å². The maximum Gasteiger partial charge on any atom is 0.320 e. The van der Waals surface area contributed by atoms with E-state index < -0.39 is 0 Å².